The number of nitrogens with one attached hydrogen (secondary N) is 2. The van der Waals surface area contributed by atoms with Crippen LogP contribution in [0.25, 0.3) is 0 Å². The van der Waals surface area contributed by atoms with Crippen molar-refractivity contribution in [2.45, 2.75) is 38.8 Å². The van der Waals surface area contributed by atoms with Crippen molar-refractivity contribution in [3.63, 3.8) is 0 Å². The molecule has 0 aliphatic carbocycles. The number of piperidine rings is 1. The van der Waals surface area contributed by atoms with E-state index < -0.39 is 17.8 Å². The topological polar surface area (TPSA) is 87.7 Å². The molecule has 1 aliphatic rings. The van der Waals surface area contributed by atoms with Gasteiger partial charge in [0.05, 0.1) is 7.11 Å². The lowest BCUT2D eigenvalue weighted by Crippen LogP contribution is -2.54. The van der Waals surface area contributed by atoms with Crippen LogP contribution in [0.5, 0.6) is 5.75 Å². The third kappa shape index (κ3) is 6.31. The van der Waals surface area contributed by atoms with Crippen LogP contribution in [0, 0.1) is 11.7 Å². The van der Waals surface area contributed by atoms with E-state index in [1.54, 1.807) is 36.3 Å². The summed E-state index contributed by atoms with van der Waals surface area (Å²) >= 11 is 0. The lowest BCUT2D eigenvalue weighted by atomic mass is 9.88. The van der Waals surface area contributed by atoms with Gasteiger partial charge in [-0.15, -0.1) is 0 Å². The van der Waals surface area contributed by atoms with Gasteiger partial charge in [0, 0.05) is 30.3 Å². The monoisotopic (exact) mass is 455 g/mol. The van der Waals surface area contributed by atoms with E-state index in [-0.39, 0.29) is 29.3 Å². The molecule has 8 heteroatoms. The van der Waals surface area contributed by atoms with E-state index in [2.05, 4.69) is 10.6 Å². The maximum atomic E-state index is 13.2. The van der Waals surface area contributed by atoms with Gasteiger partial charge in [-0.05, 0) is 75.1 Å². The number of carbonyl (C=O) groups excluding carboxylic acids is 3. The van der Waals surface area contributed by atoms with E-state index in [9.17, 15) is 18.8 Å². The summed E-state index contributed by atoms with van der Waals surface area (Å²) < 4.78 is 18.4. The number of hydrogen-bond donors (Lipinski definition) is 2. The number of amides is 3. The Morgan fingerprint density at radius 2 is 1.67 bits per heavy atom. The standard InChI is InChI=1S/C25H30FN3O4/c1-16(2)27-24(31)22(28-23(30)18-7-9-20(26)10-8-18)17-11-13-29(14-12-17)25(32)19-5-4-6-21(15-19)33-3/h4-10,15-17,22H,11-14H2,1-3H3,(H,27,31)(H,28,30). The molecule has 0 bridgehead atoms. The number of hydrogen-bond acceptors (Lipinski definition) is 4. The zero-order valence-electron chi connectivity index (χ0n) is 19.1. The van der Waals surface area contributed by atoms with Crippen LogP contribution in [0.2, 0.25) is 0 Å². The summed E-state index contributed by atoms with van der Waals surface area (Å²) in [5.41, 5.74) is 0.830. The van der Waals surface area contributed by atoms with Crippen LogP contribution in [0.3, 0.4) is 0 Å². The van der Waals surface area contributed by atoms with Crippen LogP contribution >= 0.6 is 0 Å². The van der Waals surface area contributed by atoms with Gasteiger partial charge in [0.1, 0.15) is 17.6 Å². The van der Waals surface area contributed by atoms with E-state index in [4.69, 9.17) is 4.74 Å². The molecule has 0 saturated carbocycles. The summed E-state index contributed by atoms with van der Waals surface area (Å²) in [6, 6.07) is 11.4. The Kier molecular flexibility index (Phi) is 8.03. The fourth-order valence-electron chi connectivity index (χ4n) is 3.97. The fourth-order valence-corrected chi connectivity index (χ4v) is 3.97. The van der Waals surface area contributed by atoms with Crippen LogP contribution < -0.4 is 15.4 Å². The van der Waals surface area contributed by atoms with E-state index >= 15 is 0 Å². The lowest BCUT2D eigenvalue weighted by Gasteiger charge is -2.36. The third-order valence-corrected chi connectivity index (χ3v) is 5.72. The van der Waals surface area contributed by atoms with Crippen LogP contribution in [0.4, 0.5) is 4.39 Å². The molecule has 2 aromatic carbocycles. The summed E-state index contributed by atoms with van der Waals surface area (Å²) in [5.74, 6) is -0.751. The molecule has 0 radical (unpaired) electrons. The van der Waals surface area contributed by atoms with Crippen molar-refractivity contribution in [2.24, 2.45) is 5.92 Å². The molecule has 1 fully saturated rings. The van der Waals surface area contributed by atoms with Gasteiger partial charge in [-0.2, -0.15) is 0 Å². The quantitative estimate of drug-likeness (QED) is 0.672. The van der Waals surface area contributed by atoms with Gasteiger partial charge in [0.15, 0.2) is 0 Å². The highest BCUT2D eigenvalue weighted by Gasteiger charge is 2.34. The van der Waals surface area contributed by atoms with E-state index in [1.165, 1.54) is 24.3 Å². The minimum absolute atomic E-state index is 0.0857. The van der Waals surface area contributed by atoms with Crippen molar-refractivity contribution in [2.75, 3.05) is 20.2 Å². The smallest absolute Gasteiger partial charge is 0.253 e. The molecule has 1 atom stereocenters. The molecule has 176 valence electrons. The molecule has 0 spiro atoms. The van der Waals surface area contributed by atoms with Gasteiger partial charge in [0.25, 0.3) is 11.8 Å². The van der Waals surface area contributed by atoms with Crippen LogP contribution in [0.1, 0.15) is 47.4 Å². The Morgan fingerprint density at radius 1 is 1.00 bits per heavy atom. The van der Waals surface area contributed by atoms with Gasteiger partial charge in [-0.25, -0.2) is 4.39 Å². The van der Waals surface area contributed by atoms with Gasteiger partial charge in [-0.1, -0.05) is 6.07 Å². The van der Waals surface area contributed by atoms with Crippen LogP contribution in [-0.4, -0.2) is 54.9 Å². The Bertz CT molecular complexity index is 985. The molecule has 1 saturated heterocycles. The summed E-state index contributed by atoms with van der Waals surface area (Å²) in [6.45, 7) is 4.65. The van der Waals surface area contributed by atoms with Crippen LogP contribution in [0.15, 0.2) is 48.5 Å². The second-order valence-corrected chi connectivity index (χ2v) is 8.48. The number of likely N-dealkylation sites (tertiary alicyclic amines) is 1. The molecule has 7 nitrogen and oxygen atoms in total. The summed E-state index contributed by atoms with van der Waals surface area (Å²) in [6.07, 6.45) is 1.13. The van der Waals surface area contributed by atoms with Crippen molar-refractivity contribution in [3.8, 4) is 5.75 Å². The molecule has 1 heterocycles. The largest absolute Gasteiger partial charge is 0.497 e. The Balaban J connectivity index is 1.69. The maximum Gasteiger partial charge on any atom is 0.253 e. The average molecular weight is 456 g/mol. The number of nitrogens with zero attached hydrogens (tertiary/aromatic N) is 1. The highest BCUT2D eigenvalue weighted by atomic mass is 19.1. The third-order valence-electron chi connectivity index (χ3n) is 5.72. The molecular formula is C25H30FN3O4. The minimum Gasteiger partial charge on any atom is -0.497 e. The first-order valence-corrected chi connectivity index (χ1v) is 11.1. The van der Waals surface area contributed by atoms with Crippen LogP contribution in [-0.2, 0) is 4.79 Å². The van der Waals surface area contributed by atoms with E-state index in [0.717, 1.165) is 0 Å². The summed E-state index contributed by atoms with van der Waals surface area (Å²) in [5, 5.41) is 5.70. The molecule has 2 aromatic rings. The van der Waals surface area contributed by atoms with E-state index in [1.807, 2.05) is 13.8 Å². The van der Waals surface area contributed by atoms with Crippen molar-refractivity contribution >= 4 is 17.7 Å². The molecule has 1 aliphatic heterocycles. The number of halogens is 1. The first kappa shape index (κ1) is 24.2. The normalized spacial score (nSPS) is 15.1. The number of ether oxygens (including phenoxy) is 1. The molecule has 3 rings (SSSR count). The van der Waals surface area contributed by atoms with Crippen molar-refractivity contribution in [3.05, 3.63) is 65.5 Å². The summed E-state index contributed by atoms with van der Waals surface area (Å²) in [7, 11) is 1.55. The minimum atomic E-state index is -0.751. The number of carbonyl (C=O) groups is 3. The second kappa shape index (κ2) is 10.9. The highest BCUT2D eigenvalue weighted by molar-refractivity contribution is 5.98. The predicted octanol–water partition coefficient (Wildman–Crippen LogP) is 3.01. The molecular weight excluding hydrogens is 425 g/mol. The average Bonchev–Trinajstić information content (AvgIpc) is 2.82. The molecule has 1 unspecified atom stereocenters. The molecule has 0 aromatic heterocycles. The number of rotatable bonds is 7. The second-order valence-electron chi connectivity index (χ2n) is 8.48. The Labute approximate surface area is 193 Å². The Hall–Kier alpha value is -3.42. The zero-order chi connectivity index (χ0) is 24.0. The number of benzene rings is 2. The fraction of sp³-hybridized carbons (Fsp3) is 0.400. The van der Waals surface area contributed by atoms with Gasteiger partial charge in [-0.3, -0.25) is 14.4 Å². The van der Waals surface area contributed by atoms with Gasteiger partial charge >= 0.3 is 0 Å². The molecule has 33 heavy (non-hydrogen) atoms. The zero-order valence-corrected chi connectivity index (χ0v) is 19.1. The SMILES string of the molecule is COc1cccc(C(=O)N2CCC(C(NC(=O)c3ccc(F)cc3)C(=O)NC(C)C)CC2)c1. The maximum absolute atomic E-state index is 13.2. The predicted molar refractivity (Wildman–Crippen MR) is 123 cm³/mol. The van der Waals surface area contributed by atoms with Crippen molar-refractivity contribution < 1.29 is 23.5 Å². The van der Waals surface area contributed by atoms with Gasteiger partial charge in [0.2, 0.25) is 5.91 Å². The lowest BCUT2D eigenvalue weighted by molar-refractivity contribution is -0.125. The first-order chi connectivity index (χ1) is 15.8. The van der Waals surface area contributed by atoms with Gasteiger partial charge < -0.3 is 20.3 Å². The molecule has 2 N–H and O–H groups in total. The van der Waals surface area contributed by atoms with E-state index in [0.29, 0.717) is 37.2 Å². The highest BCUT2D eigenvalue weighted by Crippen LogP contribution is 2.24. The van der Waals surface area contributed by atoms with Crippen molar-refractivity contribution in [1.82, 2.24) is 15.5 Å². The molecule has 3 amide bonds. The summed E-state index contributed by atoms with van der Waals surface area (Å²) in [4.78, 5) is 40.3. The first-order valence-electron chi connectivity index (χ1n) is 11.1. The number of methoxy groups -OCH3 is 1. The Morgan fingerprint density at radius 3 is 2.27 bits per heavy atom. The van der Waals surface area contributed by atoms with Crippen molar-refractivity contribution in [1.29, 1.82) is 0 Å².